The van der Waals surface area contributed by atoms with Gasteiger partial charge in [-0.1, -0.05) is 33.6 Å². The summed E-state index contributed by atoms with van der Waals surface area (Å²) in [5, 5.41) is 3.66. The summed E-state index contributed by atoms with van der Waals surface area (Å²) >= 11 is 0. The van der Waals surface area contributed by atoms with Crippen LogP contribution in [0, 0.1) is 0 Å². The quantitative estimate of drug-likeness (QED) is 0.896. The minimum Gasteiger partial charge on any atom is -0.378 e. The summed E-state index contributed by atoms with van der Waals surface area (Å²) in [5.41, 5.74) is 0.886. The Morgan fingerprint density at radius 2 is 1.96 bits per heavy atom. The van der Waals surface area contributed by atoms with Crippen molar-refractivity contribution in [3.8, 4) is 0 Å². The van der Waals surface area contributed by atoms with Gasteiger partial charge in [-0.3, -0.25) is 4.90 Å². The predicted octanol–water partition coefficient (Wildman–Crippen LogP) is 3.35. The average molecular weight is 332 g/mol. The first kappa shape index (κ1) is 17.6. The second-order valence-corrected chi connectivity index (χ2v) is 8.31. The van der Waals surface area contributed by atoms with E-state index in [1.807, 2.05) is 6.07 Å². The number of aromatic nitrogens is 2. The van der Waals surface area contributed by atoms with Crippen molar-refractivity contribution < 1.29 is 4.74 Å². The maximum atomic E-state index is 5.28. The molecule has 1 aliphatic heterocycles. The van der Waals surface area contributed by atoms with Crippen LogP contribution < -0.4 is 5.32 Å². The van der Waals surface area contributed by atoms with Crippen LogP contribution in [0.5, 0.6) is 0 Å². The van der Waals surface area contributed by atoms with E-state index < -0.39 is 0 Å². The molecule has 1 saturated carbocycles. The number of anilines is 1. The van der Waals surface area contributed by atoms with E-state index >= 15 is 0 Å². The molecule has 2 heterocycles. The molecular weight excluding hydrogens is 300 g/mol. The van der Waals surface area contributed by atoms with Gasteiger partial charge in [-0.2, -0.15) is 0 Å². The number of hydrogen-bond acceptors (Lipinski definition) is 5. The van der Waals surface area contributed by atoms with E-state index in [0.29, 0.717) is 12.6 Å². The van der Waals surface area contributed by atoms with Crippen LogP contribution in [0.3, 0.4) is 0 Å². The molecule has 1 N–H and O–H groups in total. The van der Waals surface area contributed by atoms with Crippen molar-refractivity contribution >= 4 is 5.82 Å². The highest BCUT2D eigenvalue weighted by atomic mass is 16.5. The smallest absolute Gasteiger partial charge is 0.136 e. The van der Waals surface area contributed by atoms with Gasteiger partial charge in [-0.15, -0.1) is 0 Å². The Hall–Kier alpha value is -1.20. The highest BCUT2D eigenvalue weighted by Gasteiger charge is 2.30. The van der Waals surface area contributed by atoms with Crippen molar-refractivity contribution in [2.45, 2.75) is 77.0 Å². The standard InChI is InChI=1S/C19H32N4O/c1-19(2,3)18-21-15(13-24-4)11-17(22-18)20-14-9-10-23(12-14)16-7-5-6-8-16/h11,14,16H,5-10,12-13H2,1-4H3,(H,20,21,22). The maximum absolute atomic E-state index is 5.28. The van der Waals surface area contributed by atoms with Crippen molar-refractivity contribution in [2.24, 2.45) is 0 Å². The van der Waals surface area contributed by atoms with Crippen molar-refractivity contribution in [1.29, 1.82) is 0 Å². The largest absolute Gasteiger partial charge is 0.378 e. The molecule has 2 fully saturated rings. The van der Waals surface area contributed by atoms with Gasteiger partial charge in [0.1, 0.15) is 11.6 Å². The fourth-order valence-electron chi connectivity index (χ4n) is 3.84. The summed E-state index contributed by atoms with van der Waals surface area (Å²) < 4.78 is 5.28. The summed E-state index contributed by atoms with van der Waals surface area (Å²) in [6, 6.07) is 3.34. The molecule has 1 saturated heterocycles. The summed E-state index contributed by atoms with van der Waals surface area (Å²) in [4.78, 5) is 12.1. The molecule has 0 aromatic carbocycles. The van der Waals surface area contributed by atoms with Gasteiger partial charge in [-0.25, -0.2) is 9.97 Å². The molecule has 1 unspecified atom stereocenters. The zero-order chi connectivity index (χ0) is 17.2. The maximum Gasteiger partial charge on any atom is 0.136 e. The van der Waals surface area contributed by atoms with Crippen LogP contribution in [-0.4, -0.2) is 47.2 Å². The number of hydrogen-bond donors (Lipinski definition) is 1. The zero-order valence-electron chi connectivity index (χ0n) is 15.6. The minimum absolute atomic E-state index is 0.0637. The van der Waals surface area contributed by atoms with Crippen molar-refractivity contribution in [1.82, 2.24) is 14.9 Å². The number of methoxy groups -OCH3 is 1. The number of nitrogens with zero attached hydrogens (tertiary/aromatic N) is 3. The fraction of sp³-hybridized carbons (Fsp3) is 0.789. The summed E-state index contributed by atoms with van der Waals surface area (Å²) in [6.45, 7) is 9.34. The predicted molar refractivity (Wildman–Crippen MR) is 97.3 cm³/mol. The van der Waals surface area contributed by atoms with Gasteiger partial charge in [0.25, 0.3) is 0 Å². The molecule has 1 aromatic heterocycles. The number of ether oxygens (including phenoxy) is 1. The molecule has 2 aliphatic rings. The fourth-order valence-corrected chi connectivity index (χ4v) is 3.84. The van der Waals surface area contributed by atoms with Crippen LogP contribution in [0.15, 0.2) is 6.07 Å². The van der Waals surface area contributed by atoms with Crippen LogP contribution in [0.4, 0.5) is 5.82 Å². The lowest BCUT2D eigenvalue weighted by Crippen LogP contribution is -2.33. The third kappa shape index (κ3) is 4.25. The van der Waals surface area contributed by atoms with E-state index in [4.69, 9.17) is 9.72 Å². The highest BCUT2D eigenvalue weighted by molar-refractivity contribution is 5.38. The Labute approximate surface area is 146 Å². The SMILES string of the molecule is COCc1cc(NC2CCN(C3CCCC3)C2)nc(C(C)(C)C)n1. The van der Waals surface area contributed by atoms with Gasteiger partial charge in [0.05, 0.1) is 12.3 Å². The Bertz CT molecular complexity index is 549. The molecule has 1 aromatic rings. The van der Waals surface area contributed by atoms with Gasteiger partial charge in [-0.05, 0) is 19.3 Å². The molecule has 3 rings (SSSR count). The zero-order valence-corrected chi connectivity index (χ0v) is 15.6. The highest BCUT2D eigenvalue weighted by Crippen LogP contribution is 2.28. The molecule has 0 bridgehead atoms. The molecule has 0 spiro atoms. The summed E-state index contributed by atoms with van der Waals surface area (Å²) in [7, 11) is 1.71. The Balaban J connectivity index is 1.68. The van der Waals surface area contributed by atoms with Gasteiger partial charge in [0.15, 0.2) is 0 Å². The van der Waals surface area contributed by atoms with Gasteiger partial charge < -0.3 is 10.1 Å². The molecule has 0 radical (unpaired) electrons. The van der Waals surface area contributed by atoms with Crippen LogP contribution >= 0.6 is 0 Å². The van der Waals surface area contributed by atoms with E-state index in [0.717, 1.165) is 29.9 Å². The topological polar surface area (TPSA) is 50.3 Å². The van der Waals surface area contributed by atoms with Crippen LogP contribution in [0.2, 0.25) is 0 Å². The van der Waals surface area contributed by atoms with Crippen molar-refractivity contribution in [3.05, 3.63) is 17.6 Å². The van der Waals surface area contributed by atoms with E-state index in [1.54, 1.807) is 7.11 Å². The summed E-state index contributed by atoms with van der Waals surface area (Å²) in [6.07, 6.45) is 6.77. The Morgan fingerprint density at radius 1 is 1.21 bits per heavy atom. The molecule has 24 heavy (non-hydrogen) atoms. The van der Waals surface area contributed by atoms with E-state index in [9.17, 15) is 0 Å². The van der Waals surface area contributed by atoms with Gasteiger partial charge in [0.2, 0.25) is 0 Å². The lowest BCUT2D eigenvalue weighted by molar-refractivity contribution is 0.181. The minimum atomic E-state index is -0.0637. The first-order chi connectivity index (χ1) is 11.5. The lowest BCUT2D eigenvalue weighted by atomic mass is 9.95. The number of nitrogens with one attached hydrogen (secondary N) is 1. The molecule has 1 atom stereocenters. The van der Waals surface area contributed by atoms with E-state index in [-0.39, 0.29) is 5.41 Å². The molecule has 5 nitrogen and oxygen atoms in total. The molecule has 5 heteroatoms. The second-order valence-electron chi connectivity index (χ2n) is 8.31. The van der Waals surface area contributed by atoms with Gasteiger partial charge >= 0.3 is 0 Å². The first-order valence-electron chi connectivity index (χ1n) is 9.33. The molecule has 1 aliphatic carbocycles. The molecule has 0 amide bonds. The Kier molecular flexibility index (Phi) is 5.40. The van der Waals surface area contributed by atoms with Crippen LogP contribution in [0.25, 0.3) is 0 Å². The monoisotopic (exact) mass is 332 g/mol. The van der Waals surface area contributed by atoms with E-state index in [1.165, 1.54) is 38.6 Å². The summed E-state index contributed by atoms with van der Waals surface area (Å²) in [5.74, 6) is 1.82. The van der Waals surface area contributed by atoms with Crippen LogP contribution in [0.1, 0.15) is 64.4 Å². The van der Waals surface area contributed by atoms with Crippen molar-refractivity contribution in [3.63, 3.8) is 0 Å². The molecular formula is C19H32N4O. The second kappa shape index (κ2) is 7.36. The number of rotatable bonds is 5. The first-order valence-corrected chi connectivity index (χ1v) is 9.33. The van der Waals surface area contributed by atoms with Crippen molar-refractivity contribution in [2.75, 3.05) is 25.5 Å². The lowest BCUT2D eigenvalue weighted by Gasteiger charge is -2.24. The Morgan fingerprint density at radius 3 is 2.62 bits per heavy atom. The third-order valence-corrected chi connectivity index (χ3v) is 5.16. The van der Waals surface area contributed by atoms with E-state index in [2.05, 4.69) is 36.0 Å². The third-order valence-electron chi connectivity index (χ3n) is 5.16. The normalized spacial score (nSPS) is 23.1. The molecule has 134 valence electrons. The number of likely N-dealkylation sites (tertiary alicyclic amines) is 1. The van der Waals surface area contributed by atoms with Crippen LogP contribution in [-0.2, 0) is 16.8 Å². The van der Waals surface area contributed by atoms with Gasteiger partial charge in [0, 0.05) is 43.8 Å². The average Bonchev–Trinajstić information content (AvgIpc) is 3.17.